The molecule has 2 aliphatic carbocycles. The van der Waals surface area contributed by atoms with Crippen molar-refractivity contribution in [1.82, 2.24) is 20.1 Å². The van der Waals surface area contributed by atoms with Crippen LogP contribution in [0.1, 0.15) is 61.5 Å². The SMILES string of the molecule is FC1(F)CCCCC1c1noc(-c2ncnc3c2CCCC3)n1. The Kier molecular flexibility index (Phi) is 3.58. The van der Waals surface area contributed by atoms with Crippen molar-refractivity contribution in [2.45, 2.75) is 63.2 Å². The van der Waals surface area contributed by atoms with Gasteiger partial charge in [-0.2, -0.15) is 4.98 Å². The number of aryl methyl sites for hydroxylation is 1. The van der Waals surface area contributed by atoms with Crippen molar-refractivity contribution in [3.63, 3.8) is 0 Å². The Morgan fingerprint density at radius 3 is 2.83 bits per heavy atom. The molecule has 2 aromatic heterocycles. The molecule has 0 amide bonds. The van der Waals surface area contributed by atoms with Gasteiger partial charge in [-0.15, -0.1) is 0 Å². The molecule has 5 nitrogen and oxygen atoms in total. The average molecular weight is 320 g/mol. The Labute approximate surface area is 132 Å². The van der Waals surface area contributed by atoms with Crippen LogP contribution in [-0.4, -0.2) is 26.0 Å². The molecule has 4 rings (SSSR count). The van der Waals surface area contributed by atoms with Crippen LogP contribution in [0.4, 0.5) is 8.78 Å². The van der Waals surface area contributed by atoms with Gasteiger partial charge in [0.15, 0.2) is 5.82 Å². The molecule has 0 saturated heterocycles. The third-order valence-electron chi connectivity index (χ3n) is 4.84. The van der Waals surface area contributed by atoms with Gasteiger partial charge in [0, 0.05) is 17.7 Å². The molecule has 1 saturated carbocycles. The highest BCUT2D eigenvalue weighted by Crippen LogP contribution is 2.44. The maximum absolute atomic E-state index is 14.1. The molecule has 0 aliphatic heterocycles. The smallest absolute Gasteiger partial charge is 0.276 e. The molecule has 7 heteroatoms. The largest absolute Gasteiger partial charge is 0.332 e. The Hall–Kier alpha value is -1.92. The van der Waals surface area contributed by atoms with Crippen molar-refractivity contribution in [2.24, 2.45) is 0 Å². The molecule has 1 unspecified atom stereocenters. The lowest BCUT2D eigenvalue weighted by atomic mass is 9.85. The minimum atomic E-state index is -2.76. The van der Waals surface area contributed by atoms with Crippen LogP contribution in [0.25, 0.3) is 11.6 Å². The van der Waals surface area contributed by atoms with E-state index in [1.54, 1.807) is 0 Å². The standard InChI is InChI=1S/C16H18F2N4O/c17-16(18)8-4-3-6-11(16)14-21-15(23-22-14)13-10-5-1-2-7-12(10)19-9-20-13/h9,11H,1-8H2. The number of rotatable bonds is 2. The first-order chi connectivity index (χ1) is 11.1. The number of nitrogens with zero attached hydrogens (tertiary/aromatic N) is 4. The highest BCUT2D eigenvalue weighted by molar-refractivity contribution is 5.54. The van der Waals surface area contributed by atoms with E-state index in [9.17, 15) is 8.78 Å². The number of halogens is 2. The zero-order valence-electron chi connectivity index (χ0n) is 12.8. The zero-order chi connectivity index (χ0) is 15.9. The van der Waals surface area contributed by atoms with Crippen LogP contribution in [0.5, 0.6) is 0 Å². The van der Waals surface area contributed by atoms with Crippen LogP contribution in [0, 0.1) is 0 Å². The molecule has 0 aromatic carbocycles. The first kappa shape index (κ1) is 14.7. The van der Waals surface area contributed by atoms with Crippen LogP contribution >= 0.6 is 0 Å². The van der Waals surface area contributed by atoms with Gasteiger partial charge in [0.1, 0.15) is 12.0 Å². The third-order valence-corrected chi connectivity index (χ3v) is 4.84. The van der Waals surface area contributed by atoms with Crippen LogP contribution < -0.4 is 0 Å². The molecule has 1 atom stereocenters. The van der Waals surface area contributed by atoms with Gasteiger partial charge < -0.3 is 4.52 Å². The molecule has 1 fully saturated rings. The van der Waals surface area contributed by atoms with Crippen LogP contribution in [0.15, 0.2) is 10.9 Å². The summed E-state index contributed by atoms with van der Waals surface area (Å²) in [6.07, 6.45) is 7.04. The summed E-state index contributed by atoms with van der Waals surface area (Å²) >= 11 is 0. The number of hydrogen-bond acceptors (Lipinski definition) is 5. The minimum absolute atomic E-state index is 0.105. The second kappa shape index (κ2) is 5.62. The van der Waals surface area contributed by atoms with Gasteiger partial charge in [0.05, 0.1) is 5.92 Å². The molecule has 0 bridgehead atoms. The molecule has 122 valence electrons. The lowest BCUT2D eigenvalue weighted by molar-refractivity contribution is -0.0576. The fraction of sp³-hybridized carbons (Fsp3) is 0.625. The Balaban J connectivity index is 1.69. The molecule has 0 radical (unpaired) electrons. The van der Waals surface area contributed by atoms with Gasteiger partial charge in [0.2, 0.25) is 0 Å². The van der Waals surface area contributed by atoms with Crippen molar-refractivity contribution in [3.8, 4) is 11.6 Å². The summed E-state index contributed by atoms with van der Waals surface area (Å²) in [6.45, 7) is 0. The van der Waals surface area contributed by atoms with E-state index in [1.165, 1.54) is 6.33 Å². The van der Waals surface area contributed by atoms with E-state index >= 15 is 0 Å². The second-order valence-electron chi connectivity index (χ2n) is 6.37. The Morgan fingerprint density at radius 1 is 1.09 bits per heavy atom. The summed E-state index contributed by atoms with van der Waals surface area (Å²) in [5.74, 6) is -3.37. The third kappa shape index (κ3) is 2.62. The van der Waals surface area contributed by atoms with Gasteiger partial charge in [-0.1, -0.05) is 11.6 Å². The summed E-state index contributed by atoms with van der Waals surface area (Å²) in [4.78, 5) is 12.8. The van der Waals surface area contributed by atoms with Gasteiger partial charge >= 0.3 is 0 Å². The monoisotopic (exact) mass is 320 g/mol. The lowest BCUT2D eigenvalue weighted by Gasteiger charge is -2.28. The normalized spacial score (nSPS) is 23.5. The molecule has 2 aliphatic rings. The predicted octanol–water partition coefficient (Wildman–Crippen LogP) is 3.70. The summed E-state index contributed by atoms with van der Waals surface area (Å²) in [5, 5.41) is 3.83. The maximum Gasteiger partial charge on any atom is 0.276 e. The topological polar surface area (TPSA) is 64.7 Å². The first-order valence-corrected chi connectivity index (χ1v) is 8.20. The lowest BCUT2D eigenvalue weighted by Crippen LogP contribution is -2.30. The summed E-state index contributed by atoms with van der Waals surface area (Å²) in [5.41, 5.74) is 2.63. The van der Waals surface area contributed by atoms with E-state index in [-0.39, 0.29) is 18.1 Å². The molecular formula is C16H18F2N4O. The van der Waals surface area contributed by atoms with E-state index in [1.807, 2.05) is 0 Å². The van der Waals surface area contributed by atoms with Crippen LogP contribution in [0.2, 0.25) is 0 Å². The van der Waals surface area contributed by atoms with E-state index in [0.29, 0.717) is 18.5 Å². The highest BCUT2D eigenvalue weighted by Gasteiger charge is 2.45. The molecule has 0 spiro atoms. The van der Waals surface area contributed by atoms with Crippen LogP contribution in [-0.2, 0) is 12.8 Å². The quantitative estimate of drug-likeness (QED) is 0.844. The van der Waals surface area contributed by atoms with E-state index in [0.717, 1.165) is 43.4 Å². The highest BCUT2D eigenvalue weighted by atomic mass is 19.3. The van der Waals surface area contributed by atoms with Crippen molar-refractivity contribution in [2.75, 3.05) is 0 Å². The second-order valence-corrected chi connectivity index (χ2v) is 6.37. The molecule has 2 heterocycles. The average Bonchev–Trinajstić information content (AvgIpc) is 3.03. The first-order valence-electron chi connectivity index (χ1n) is 8.20. The molecule has 0 N–H and O–H groups in total. The number of fused-ring (bicyclic) bond motifs is 1. The predicted molar refractivity (Wildman–Crippen MR) is 78.1 cm³/mol. The van der Waals surface area contributed by atoms with Gasteiger partial charge in [0.25, 0.3) is 11.8 Å². The van der Waals surface area contributed by atoms with Crippen LogP contribution in [0.3, 0.4) is 0 Å². The van der Waals surface area contributed by atoms with E-state index in [2.05, 4.69) is 20.1 Å². The number of hydrogen-bond donors (Lipinski definition) is 0. The summed E-state index contributed by atoms with van der Waals surface area (Å²) < 4.78 is 33.5. The van der Waals surface area contributed by atoms with E-state index in [4.69, 9.17) is 4.52 Å². The zero-order valence-corrected chi connectivity index (χ0v) is 12.8. The Morgan fingerprint density at radius 2 is 1.96 bits per heavy atom. The Bertz CT molecular complexity index is 716. The van der Waals surface area contributed by atoms with E-state index < -0.39 is 11.8 Å². The number of aromatic nitrogens is 4. The maximum atomic E-state index is 14.1. The van der Waals surface area contributed by atoms with Crippen molar-refractivity contribution in [1.29, 1.82) is 0 Å². The van der Waals surface area contributed by atoms with Crippen molar-refractivity contribution < 1.29 is 13.3 Å². The van der Waals surface area contributed by atoms with Gasteiger partial charge in [-0.3, -0.25) is 0 Å². The summed E-state index contributed by atoms with van der Waals surface area (Å²) in [7, 11) is 0. The molecule has 23 heavy (non-hydrogen) atoms. The molecule has 2 aromatic rings. The van der Waals surface area contributed by atoms with Crippen molar-refractivity contribution in [3.05, 3.63) is 23.4 Å². The van der Waals surface area contributed by atoms with Gasteiger partial charge in [-0.05, 0) is 38.5 Å². The van der Waals surface area contributed by atoms with Gasteiger partial charge in [-0.25, -0.2) is 18.7 Å². The summed E-state index contributed by atoms with van der Waals surface area (Å²) in [6, 6.07) is 0. The number of alkyl halides is 2. The minimum Gasteiger partial charge on any atom is -0.332 e. The van der Waals surface area contributed by atoms with Crippen molar-refractivity contribution >= 4 is 0 Å². The molecular weight excluding hydrogens is 302 g/mol. The fourth-order valence-electron chi connectivity index (χ4n) is 3.59. The fourth-order valence-corrected chi connectivity index (χ4v) is 3.59.